The highest BCUT2D eigenvalue weighted by Crippen LogP contribution is 2.26. The SMILES string of the molecule is CC(NC(C(=O)O)C(C)C)c1cc(Br)cs1. The van der Waals surface area contributed by atoms with Crippen molar-refractivity contribution in [3.63, 3.8) is 0 Å². The van der Waals surface area contributed by atoms with Crippen molar-refractivity contribution in [2.75, 3.05) is 0 Å². The maximum atomic E-state index is 11.0. The number of rotatable bonds is 5. The van der Waals surface area contributed by atoms with E-state index in [1.807, 2.05) is 32.2 Å². The summed E-state index contributed by atoms with van der Waals surface area (Å²) in [5.41, 5.74) is 0. The van der Waals surface area contributed by atoms with E-state index in [2.05, 4.69) is 21.2 Å². The van der Waals surface area contributed by atoms with Gasteiger partial charge in [-0.3, -0.25) is 10.1 Å². The Labute approximate surface area is 108 Å². The topological polar surface area (TPSA) is 49.3 Å². The largest absolute Gasteiger partial charge is 0.480 e. The highest BCUT2D eigenvalue weighted by atomic mass is 79.9. The average molecular weight is 306 g/mol. The second-order valence-corrected chi connectivity index (χ2v) is 5.97. The smallest absolute Gasteiger partial charge is 0.320 e. The minimum atomic E-state index is -0.794. The van der Waals surface area contributed by atoms with Crippen molar-refractivity contribution in [3.05, 3.63) is 20.8 Å². The number of nitrogens with one attached hydrogen (secondary N) is 1. The van der Waals surface area contributed by atoms with Crippen molar-refractivity contribution in [3.8, 4) is 0 Å². The average Bonchev–Trinajstić information content (AvgIpc) is 2.59. The van der Waals surface area contributed by atoms with Crippen molar-refractivity contribution in [2.24, 2.45) is 5.92 Å². The van der Waals surface area contributed by atoms with Gasteiger partial charge in [-0.25, -0.2) is 0 Å². The van der Waals surface area contributed by atoms with Crippen LogP contribution in [0.3, 0.4) is 0 Å². The molecule has 0 bridgehead atoms. The van der Waals surface area contributed by atoms with Gasteiger partial charge in [0.05, 0.1) is 0 Å². The molecule has 1 rings (SSSR count). The Balaban J connectivity index is 2.68. The summed E-state index contributed by atoms with van der Waals surface area (Å²) in [5, 5.41) is 14.2. The van der Waals surface area contributed by atoms with Crippen molar-refractivity contribution < 1.29 is 9.90 Å². The molecule has 0 aliphatic carbocycles. The molecule has 0 aliphatic rings. The van der Waals surface area contributed by atoms with E-state index in [0.717, 1.165) is 9.35 Å². The van der Waals surface area contributed by atoms with Gasteiger partial charge in [0.1, 0.15) is 6.04 Å². The van der Waals surface area contributed by atoms with Crippen LogP contribution in [0.5, 0.6) is 0 Å². The van der Waals surface area contributed by atoms with E-state index >= 15 is 0 Å². The molecule has 2 unspecified atom stereocenters. The van der Waals surface area contributed by atoms with Gasteiger partial charge >= 0.3 is 5.97 Å². The molecule has 0 spiro atoms. The molecule has 0 fully saturated rings. The summed E-state index contributed by atoms with van der Waals surface area (Å²) >= 11 is 5.01. The summed E-state index contributed by atoms with van der Waals surface area (Å²) in [7, 11) is 0. The maximum Gasteiger partial charge on any atom is 0.320 e. The minimum absolute atomic E-state index is 0.0554. The molecule has 2 atom stereocenters. The Morgan fingerprint density at radius 3 is 2.50 bits per heavy atom. The van der Waals surface area contributed by atoms with Crippen molar-refractivity contribution >= 4 is 33.2 Å². The van der Waals surface area contributed by atoms with Crippen molar-refractivity contribution in [1.82, 2.24) is 5.32 Å². The van der Waals surface area contributed by atoms with Crippen LogP contribution < -0.4 is 5.32 Å². The summed E-state index contributed by atoms with van der Waals surface area (Å²) in [6.45, 7) is 5.79. The molecule has 16 heavy (non-hydrogen) atoms. The normalized spacial score (nSPS) is 15.1. The fourth-order valence-corrected chi connectivity index (χ4v) is 2.92. The molecule has 0 saturated carbocycles. The highest BCUT2D eigenvalue weighted by Gasteiger charge is 2.23. The van der Waals surface area contributed by atoms with Crippen molar-refractivity contribution in [1.29, 1.82) is 0 Å². The summed E-state index contributed by atoms with van der Waals surface area (Å²) < 4.78 is 1.04. The van der Waals surface area contributed by atoms with Crippen LogP contribution in [0.4, 0.5) is 0 Å². The third-order valence-corrected chi connectivity index (χ3v) is 4.25. The molecule has 0 aliphatic heterocycles. The van der Waals surface area contributed by atoms with E-state index in [-0.39, 0.29) is 12.0 Å². The molecule has 1 aromatic rings. The van der Waals surface area contributed by atoms with E-state index in [0.29, 0.717) is 0 Å². The number of hydrogen-bond donors (Lipinski definition) is 2. The second kappa shape index (κ2) is 5.80. The van der Waals surface area contributed by atoms with Crippen LogP contribution in [0, 0.1) is 5.92 Å². The zero-order valence-corrected chi connectivity index (χ0v) is 11.9. The summed E-state index contributed by atoms with van der Waals surface area (Å²) in [4.78, 5) is 12.2. The van der Waals surface area contributed by atoms with Crippen molar-refractivity contribution in [2.45, 2.75) is 32.9 Å². The van der Waals surface area contributed by atoms with Crippen LogP contribution in [-0.2, 0) is 4.79 Å². The lowest BCUT2D eigenvalue weighted by Crippen LogP contribution is -2.41. The molecular weight excluding hydrogens is 290 g/mol. The maximum absolute atomic E-state index is 11.0. The Hall–Kier alpha value is -0.390. The van der Waals surface area contributed by atoms with Crippen LogP contribution >= 0.6 is 27.3 Å². The molecule has 3 nitrogen and oxygen atoms in total. The van der Waals surface area contributed by atoms with Crippen LogP contribution in [0.2, 0.25) is 0 Å². The van der Waals surface area contributed by atoms with Gasteiger partial charge in [-0.2, -0.15) is 0 Å². The lowest BCUT2D eigenvalue weighted by Gasteiger charge is -2.22. The first kappa shape index (κ1) is 13.7. The number of aliphatic carboxylic acids is 1. The molecule has 90 valence electrons. The molecule has 0 saturated heterocycles. The van der Waals surface area contributed by atoms with Crippen LogP contribution in [0.15, 0.2) is 15.9 Å². The zero-order valence-electron chi connectivity index (χ0n) is 9.53. The number of carboxylic acids is 1. The lowest BCUT2D eigenvalue weighted by atomic mass is 10.0. The third-order valence-electron chi connectivity index (χ3n) is 2.38. The lowest BCUT2D eigenvalue weighted by molar-refractivity contribution is -0.140. The van der Waals surface area contributed by atoms with Gasteiger partial charge in [-0.05, 0) is 34.8 Å². The number of carbonyl (C=O) groups is 1. The summed E-state index contributed by atoms with van der Waals surface area (Å²) in [6, 6.07) is 1.57. The van der Waals surface area contributed by atoms with Crippen LogP contribution in [0.25, 0.3) is 0 Å². The van der Waals surface area contributed by atoms with Gasteiger partial charge in [-0.15, -0.1) is 11.3 Å². The summed E-state index contributed by atoms with van der Waals surface area (Å²) in [5.74, 6) is -0.721. The van der Waals surface area contributed by atoms with E-state index in [1.54, 1.807) is 11.3 Å². The van der Waals surface area contributed by atoms with Gasteiger partial charge in [0.2, 0.25) is 0 Å². The number of thiophene rings is 1. The molecule has 5 heteroatoms. The molecule has 1 heterocycles. The molecule has 1 aromatic heterocycles. The molecule has 2 N–H and O–H groups in total. The minimum Gasteiger partial charge on any atom is -0.480 e. The van der Waals surface area contributed by atoms with Crippen LogP contribution in [-0.4, -0.2) is 17.1 Å². The number of halogens is 1. The Kier molecular flexibility index (Phi) is 4.95. The first-order valence-corrected chi connectivity index (χ1v) is 6.82. The van der Waals surface area contributed by atoms with Gasteiger partial charge in [0.25, 0.3) is 0 Å². The Morgan fingerprint density at radius 1 is 1.50 bits per heavy atom. The quantitative estimate of drug-likeness (QED) is 0.878. The molecule has 0 aromatic carbocycles. The standard InChI is InChI=1S/C11H16BrNO2S/c1-6(2)10(11(14)15)13-7(3)9-4-8(12)5-16-9/h4-7,10,13H,1-3H3,(H,14,15). The fourth-order valence-electron chi connectivity index (χ4n) is 1.46. The van der Waals surface area contributed by atoms with E-state index in [4.69, 9.17) is 5.11 Å². The first-order valence-electron chi connectivity index (χ1n) is 5.14. The van der Waals surface area contributed by atoms with E-state index < -0.39 is 12.0 Å². The van der Waals surface area contributed by atoms with Gasteiger partial charge in [0.15, 0.2) is 0 Å². The highest BCUT2D eigenvalue weighted by molar-refractivity contribution is 9.10. The number of hydrogen-bond acceptors (Lipinski definition) is 3. The fraction of sp³-hybridized carbons (Fsp3) is 0.545. The number of carboxylic acid groups (broad SMARTS) is 1. The van der Waals surface area contributed by atoms with Crippen LogP contribution in [0.1, 0.15) is 31.7 Å². The van der Waals surface area contributed by atoms with Gasteiger partial charge in [0, 0.05) is 20.8 Å². The van der Waals surface area contributed by atoms with E-state index in [1.165, 1.54) is 0 Å². The Bertz CT molecular complexity index is 365. The first-order chi connectivity index (χ1) is 7.41. The second-order valence-electron chi connectivity index (χ2n) is 4.12. The third kappa shape index (κ3) is 3.57. The zero-order chi connectivity index (χ0) is 12.3. The molecular formula is C11H16BrNO2S. The molecule has 0 amide bonds. The monoisotopic (exact) mass is 305 g/mol. The van der Waals surface area contributed by atoms with E-state index in [9.17, 15) is 4.79 Å². The van der Waals surface area contributed by atoms with Gasteiger partial charge in [-0.1, -0.05) is 13.8 Å². The van der Waals surface area contributed by atoms with Gasteiger partial charge < -0.3 is 5.11 Å². The predicted octanol–water partition coefficient (Wildman–Crippen LogP) is 3.27. The predicted molar refractivity (Wildman–Crippen MR) is 69.8 cm³/mol. The Morgan fingerprint density at radius 2 is 2.12 bits per heavy atom. The molecule has 0 radical (unpaired) electrons. The summed E-state index contributed by atoms with van der Waals surface area (Å²) in [6.07, 6.45) is 0.